The molecule has 4 aromatic carbocycles. The summed E-state index contributed by atoms with van der Waals surface area (Å²) in [6.07, 6.45) is 0. The van der Waals surface area contributed by atoms with E-state index in [-0.39, 0.29) is 59.5 Å². The zero-order valence-electron chi connectivity index (χ0n) is 20.7. The fourth-order valence-electron chi connectivity index (χ4n) is 4.56. The van der Waals surface area contributed by atoms with Crippen LogP contribution in [0.15, 0.2) is 60.7 Å². The van der Waals surface area contributed by atoms with Crippen LogP contribution < -0.4 is 48.0 Å². The van der Waals surface area contributed by atoms with Gasteiger partial charge in [0.15, 0.2) is 0 Å². The Morgan fingerprint density at radius 3 is 1.21 bits per heavy atom. The Morgan fingerprint density at radius 1 is 0.559 bits per heavy atom. The predicted molar refractivity (Wildman–Crippen MR) is 134 cm³/mol. The van der Waals surface area contributed by atoms with Gasteiger partial charge in [-0.05, 0) is 33.7 Å². The molecule has 0 aliphatic heterocycles. The summed E-state index contributed by atoms with van der Waals surface area (Å²) in [5.41, 5.74) is 3.19. The van der Waals surface area contributed by atoms with Crippen LogP contribution in [0.1, 0.15) is 11.1 Å². The van der Waals surface area contributed by atoms with Crippen LogP contribution in [-0.4, -0.2) is 61.5 Å². The molecule has 0 unspecified atom stereocenters. The summed E-state index contributed by atoms with van der Waals surface area (Å²) in [6.45, 7) is 1.36. The molecule has 0 spiro atoms. The van der Waals surface area contributed by atoms with E-state index < -0.39 is 0 Å². The van der Waals surface area contributed by atoms with Crippen LogP contribution in [0, 0.1) is 0 Å². The molecular formula is C28H34I2N2O2. The minimum atomic E-state index is 0. The maximum Gasteiger partial charge on any atom is 0.133 e. The van der Waals surface area contributed by atoms with Gasteiger partial charge in [-0.1, -0.05) is 48.5 Å². The highest BCUT2D eigenvalue weighted by molar-refractivity contribution is 6.10. The zero-order chi connectivity index (χ0) is 23.3. The lowest BCUT2D eigenvalue weighted by atomic mass is 9.88. The van der Waals surface area contributed by atoms with Gasteiger partial charge in [-0.15, -0.1) is 0 Å². The zero-order valence-corrected chi connectivity index (χ0v) is 25.0. The average molecular weight is 684 g/mol. The second kappa shape index (κ2) is 10.6. The molecule has 6 heteroatoms. The molecule has 0 amide bonds. The van der Waals surface area contributed by atoms with Gasteiger partial charge < -0.3 is 67.1 Å². The Bertz CT molecular complexity index is 1220. The van der Waals surface area contributed by atoms with Gasteiger partial charge in [-0.2, -0.15) is 0 Å². The third kappa shape index (κ3) is 5.95. The van der Waals surface area contributed by atoms with Crippen LogP contribution in [0.3, 0.4) is 0 Å². The van der Waals surface area contributed by atoms with Crippen molar-refractivity contribution in [2.45, 2.75) is 13.1 Å². The Labute approximate surface area is 237 Å². The number of halogens is 2. The van der Waals surface area contributed by atoms with E-state index >= 15 is 0 Å². The van der Waals surface area contributed by atoms with Crippen molar-refractivity contribution in [1.29, 1.82) is 0 Å². The van der Waals surface area contributed by atoms with Gasteiger partial charge in [0, 0.05) is 22.3 Å². The van der Waals surface area contributed by atoms with Crippen LogP contribution >= 0.6 is 0 Å². The number of benzene rings is 4. The van der Waals surface area contributed by atoms with Crippen molar-refractivity contribution in [2.24, 2.45) is 0 Å². The number of fused-ring (bicyclic) bond motifs is 2. The first-order valence-corrected chi connectivity index (χ1v) is 11.0. The van der Waals surface area contributed by atoms with Crippen LogP contribution in [0.4, 0.5) is 0 Å². The topological polar surface area (TPSA) is 40.5 Å². The van der Waals surface area contributed by atoms with E-state index in [0.717, 1.165) is 32.7 Å². The quantitative estimate of drug-likeness (QED) is 0.220. The van der Waals surface area contributed by atoms with Crippen molar-refractivity contribution in [3.63, 3.8) is 0 Å². The molecule has 0 fully saturated rings. The number of hydrogen-bond donors (Lipinski definition) is 2. The standard InChI is InChI=1S/C28H32N2O2.2HI/c1-29(2,3)17-21-15-19-11-7-9-13-23(19)25(27(21)31)26-24-14-10-8-12-20(24)16-22(28(26)32)18-30(4,5)6;;/h7-16H,17-18H2,1-6H3;2*1H. The number of rotatable bonds is 5. The average Bonchev–Trinajstić information content (AvgIpc) is 2.68. The summed E-state index contributed by atoms with van der Waals surface area (Å²) >= 11 is 0. The van der Waals surface area contributed by atoms with E-state index in [1.807, 2.05) is 36.4 Å². The van der Waals surface area contributed by atoms with Crippen molar-refractivity contribution in [1.82, 2.24) is 0 Å². The molecule has 0 aliphatic carbocycles. The Hall–Kier alpha value is -1.62. The Balaban J connectivity index is 0.00000204. The molecule has 182 valence electrons. The summed E-state index contributed by atoms with van der Waals surface area (Å²) in [6, 6.07) is 20.4. The monoisotopic (exact) mass is 684 g/mol. The summed E-state index contributed by atoms with van der Waals surface area (Å²) < 4.78 is 1.39. The fraction of sp³-hybridized carbons (Fsp3) is 0.286. The van der Waals surface area contributed by atoms with E-state index in [4.69, 9.17) is 0 Å². The smallest absolute Gasteiger partial charge is 0.133 e. The molecule has 0 bridgehead atoms. The van der Waals surface area contributed by atoms with Crippen molar-refractivity contribution in [2.75, 3.05) is 42.3 Å². The number of quaternary nitrogens is 2. The minimum absolute atomic E-state index is 0. The highest BCUT2D eigenvalue weighted by atomic mass is 127. The second-order valence-electron chi connectivity index (χ2n) is 10.9. The largest absolute Gasteiger partial charge is 1.00 e. The van der Waals surface area contributed by atoms with Crippen LogP contribution in [-0.2, 0) is 13.1 Å². The Morgan fingerprint density at radius 2 is 0.882 bits per heavy atom. The maximum absolute atomic E-state index is 11.6. The van der Waals surface area contributed by atoms with E-state index in [2.05, 4.69) is 66.6 Å². The molecular weight excluding hydrogens is 650 g/mol. The van der Waals surface area contributed by atoms with Crippen molar-refractivity contribution >= 4 is 21.5 Å². The summed E-state index contributed by atoms with van der Waals surface area (Å²) in [5.74, 6) is 0.499. The maximum atomic E-state index is 11.6. The van der Waals surface area contributed by atoms with Crippen molar-refractivity contribution in [3.05, 3.63) is 71.8 Å². The molecule has 2 N–H and O–H groups in total. The first kappa shape index (κ1) is 28.6. The van der Waals surface area contributed by atoms with Gasteiger partial charge in [0.2, 0.25) is 0 Å². The number of hydrogen-bond acceptors (Lipinski definition) is 2. The van der Waals surface area contributed by atoms with Gasteiger partial charge in [-0.25, -0.2) is 0 Å². The number of phenols is 2. The molecule has 4 aromatic rings. The van der Waals surface area contributed by atoms with Crippen LogP contribution in [0.25, 0.3) is 32.7 Å². The normalized spacial score (nSPS) is 11.8. The van der Waals surface area contributed by atoms with Gasteiger partial charge in [0.1, 0.15) is 24.6 Å². The summed E-state index contributed by atoms with van der Waals surface area (Å²) in [5, 5.41) is 27.2. The Kier molecular flexibility index (Phi) is 8.88. The third-order valence-corrected chi connectivity index (χ3v) is 5.74. The summed E-state index contributed by atoms with van der Waals surface area (Å²) in [4.78, 5) is 0. The highest BCUT2D eigenvalue weighted by Gasteiger charge is 2.25. The van der Waals surface area contributed by atoms with E-state index in [9.17, 15) is 10.2 Å². The molecule has 4 rings (SSSR count). The van der Waals surface area contributed by atoms with Gasteiger partial charge in [0.25, 0.3) is 0 Å². The van der Waals surface area contributed by atoms with Gasteiger partial charge in [-0.3, -0.25) is 0 Å². The van der Waals surface area contributed by atoms with Gasteiger partial charge >= 0.3 is 0 Å². The molecule has 0 saturated heterocycles. The van der Waals surface area contributed by atoms with E-state index in [1.165, 1.54) is 0 Å². The molecule has 0 aliphatic rings. The molecule has 34 heavy (non-hydrogen) atoms. The second-order valence-corrected chi connectivity index (χ2v) is 10.9. The van der Waals surface area contributed by atoms with Crippen molar-refractivity contribution in [3.8, 4) is 22.6 Å². The third-order valence-electron chi connectivity index (χ3n) is 5.74. The van der Waals surface area contributed by atoms with E-state index in [0.29, 0.717) is 33.2 Å². The molecule has 0 aromatic heterocycles. The lowest BCUT2D eigenvalue weighted by molar-refractivity contribution is -0.884. The highest BCUT2D eigenvalue weighted by Crippen LogP contribution is 2.48. The van der Waals surface area contributed by atoms with Gasteiger partial charge in [0.05, 0.1) is 42.3 Å². The number of phenolic OH excluding ortho intramolecular Hbond substituents is 2. The molecule has 0 radical (unpaired) electrons. The van der Waals surface area contributed by atoms with E-state index in [1.54, 1.807) is 0 Å². The predicted octanol–water partition coefficient (Wildman–Crippen LogP) is -0.508. The number of nitrogens with zero attached hydrogens (tertiary/aromatic N) is 2. The van der Waals surface area contributed by atoms with Crippen molar-refractivity contribution < 1.29 is 67.1 Å². The first-order valence-electron chi connectivity index (χ1n) is 11.0. The lowest BCUT2D eigenvalue weighted by Gasteiger charge is -2.27. The lowest BCUT2D eigenvalue weighted by Crippen LogP contribution is -3.00. The van der Waals surface area contributed by atoms with Crippen LogP contribution in [0.5, 0.6) is 11.5 Å². The molecule has 0 saturated carbocycles. The summed E-state index contributed by atoms with van der Waals surface area (Å²) in [7, 11) is 12.7. The SMILES string of the molecule is C[N+](C)(C)Cc1cc2ccccc2c(-c2c(O)c(C[N+](C)(C)C)cc3ccccc23)c1O.[I-].[I-]. The fourth-order valence-corrected chi connectivity index (χ4v) is 4.56. The molecule has 0 atom stereocenters. The molecule has 0 heterocycles. The van der Waals surface area contributed by atoms with Crippen LogP contribution in [0.2, 0.25) is 0 Å². The number of aromatic hydroxyl groups is 2. The first-order chi connectivity index (χ1) is 14.9. The minimum Gasteiger partial charge on any atom is -1.00 e. The molecule has 4 nitrogen and oxygen atoms in total.